The highest BCUT2D eigenvalue weighted by Gasteiger charge is 2.32. The minimum Gasteiger partial charge on any atom is -0.497 e. The maximum Gasteiger partial charge on any atom is 0.242 e. The SMILES string of the molecule is COc1ccc(-n2ncc(C(=O)[C@H]3CCCN(C(=O)CN4CSCC4=O)C3)c2N)cc1. The van der Waals surface area contributed by atoms with Gasteiger partial charge in [0.05, 0.1) is 36.2 Å². The molecule has 0 unspecified atom stereocenters. The summed E-state index contributed by atoms with van der Waals surface area (Å²) in [5, 5.41) is 4.29. The first kappa shape index (κ1) is 21.2. The Morgan fingerprint density at radius 3 is 2.74 bits per heavy atom. The predicted octanol–water partition coefficient (Wildman–Crippen LogP) is 1.42. The molecule has 0 radical (unpaired) electrons. The molecule has 0 bridgehead atoms. The van der Waals surface area contributed by atoms with Crippen LogP contribution in [0.15, 0.2) is 30.5 Å². The normalized spacial score (nSPS) is 19.0. The van der Waals surface area contributed by atoms with Crippen molar-refractivity contribution in [2.24, 2.45) is 5.92 Å². The van der Waals surface area contributed by atoms with Crippen molar-refractivity contribution in [3.63, 3.8) is 0 Å². The standard InChI is InChI=1S/C21H25N5O4S/c1-30-16-6-4-15(5-7-16)26-21(22)17(9-23-26)20(29)14-3-2-8-24(10-14)18(27)11-25-13-31-12-19(25)28/h4-7,9,14H,2-3,8,10-13,22H2,1H3/t14-/m0/s1. The molecule has 31 heavy (non-hydrogen) atoms. The third-order valence-corrected chi connectivity index (χ3v) is 6.63. The van der Waals surface area contributed by atoms with Crippen molar-refractivity contribution in [2.75, 3.05) is 44.1 Å². The van der Waals surface area contributed by atoms with Gasteiger partial charge in [0.2, 0.25) is 11.8 Å². The molecular weight excluding hydrogens is 418 g/mol. The number of carbonyl (C=O) groups is 3. The number of rotatable bonds is 6. The highest BCUT2D eigenvalue weighted by molar-refractivity contribution is 8.00. The Bertz CT molecular complexity index is 990. The summed E-state index contributed by atoms with van der Waals surface area (Å²) in [6.45, 7) is 1.00. The summed E-state index contributed by atoms with van der Waals surface area (Å²) in [6.07, 6.45) is 2.91. The number of carbonyl (C=O) groups excluding carboxylic acids is 3. The van der Waals surface area contributed by atoms with Gasteiger partial charge in [-0.3, -0.25) is 14.4 Å². The van der Waals surface area contributed by atoms with E-state index in [0.29, 0.717) is 42.5 Å². The molecule has 3 heterocycles. The molecule has 2 saturated heterocycles. The van der Waals surface area contributed by atoms with Crippen LogP contribution in [-0.2, 0) is 9.59 Å². The van der Waals surface area contributed by atoms with E-state index in [1.165, 1.54) is 22.6 Å². The van der Waals surface area contributed by atoms with E-state index in [4.69, 9.17) is 10.5 Å². The number of nitrogens with two attached hydrogens (primary N) is 1. The smallest absolute Gasteiger partial charge is 0.242 e. The molecule has 1 aromatic carbocycles. The predicted molar refractivity (Wildman–Crippen MR) is 117 cm³/mol. The Balaban J connectivity index is 1.44. The molecule has 0 aliphatic carbocycles. The van der Waals surface area contributed by atoms with Crippen LogP contribution < -0.4 is 10.5 Å². The molecule has 2 aromatic rings. The van der Waals surface area contributed by atoms with Crippen LogP contribution in [0.4, 0.5) is 5.82 Å². The number of nitrogen functional groups attached to an aromatic ring is 1. The molecule has 4 rings (SSSR count). The monoisotopic (exact) mass is 443 g/mol. The van der Waals surface area contributed by atoms with Gasteiger partial charge in [0, 0.05) is 19.0 Å². The fraction of sp³-hybridized carbons (Fsp3) is 0.429. The molecule has 2 N–H and O–H groups in total. The number of benzene rings is 1. The molecule has 2 fully saturated rings. The second-order valence-electron chi connectivity index (χ2n) is 7.67. The molecule has 9 nitrogen and oxygen atoms in total. The quantitative estimate of drug-likeness (QED) is 0.672. The van der Waals surface area contributed by atoms with Gasteiger partial charge in [-0.05, 0) is 37.1 Å². The zero-order valence-corrected chi connectivity index (χ0v) is 18.1. The van der Waals surface area contributed by atoms with Gasteiger partial charge in [0.1, 0.15) is 18.1 Å². The van der Waals surface area contributed by atoms with Crippen molar-refractivity contribution in [2.45, 2.75) is 12.8 Å². The highest BCUT2D eigenvalue weighted by atomic mass is 32.2. The minimum absolute atomic E-state index is 0.0123. The maximum absolute atomic E-state index is 13.2. The zero-order valence-electron chi connectivity index (χ0n) is 17.3. The number of ketones is 1. The first-order chi connectivity index (χ1) is 15.0. The van der Waals surface area contributed by atoms with Gasteiger partial charge in [0.15, 0.2) is 5.78 Å². The zero-order chi connectivity index (χ0) is 22.0. The lowest BCUT2D eigenvalue weighted by molar-refractivity contribution is -0.138. The van der Waals surface area contributed by atoms with Crippen molar-refractivity contribution in [3.05, 3.63) is 36.0 Å². The first-order valence-corrected chi connectivity index (χ1v) is 11.3. The summed E-state index contributed by atoms with van der Waals surface area (Å²) < 4.78 is 6.69. The van der Waals surface area contributed by atoms with Crippen LogP contribution in [0.1, 0.15) is 23.2 Å². The number of thioether (sulfide) groups is 1. The lowest BCUT2D eigenvalue weighted by Gasteiger charge is -2.33. The fourth-order valence-electron chi connectivity index (χ4n) is 3.92. The summed E-state index contributed by atoms with van der Waals surface area (Å²) in [4.78, 5) is 40.9. The summed E-state index contributed by atoms with van der Waals surface area (Å²) in [5.41, 5.74) is 7.34. The number of ether oxygens (including phenoxy) is 1. The summed E-state index contributed by atoms with van der Waals surface area (Å²) in [6, 6.07) is 7.23. The lowest BCUT2D eigenvalue weighted by atomic mass is 9.90. The van der Waals surface area contributed by atoms with E-state index in [1.807, 2.05) is 12.1 Å². The van der Waals surface area contributed by atoms with E-state index in [0.717, 1.165) is 12.1 Å². The number of piperidine rings is 1. The van der Waals surface area contributed by atoms with Gasteiger partial charge in [-0.25, -0.2) is 4.68 Å². The van der Waals surface area contributed by atoms with E-state index in [1.54, 1.807) is 29.0 Å². The summed E-state index contributed by atoms with van der Waals surface area (Å²) in [5.74, 6) is 1.38. The number of methoxy groups -OCH3 is 1. The van der Waals surface area contributed by atoms with Crippen LogP contribution in [0.2, 0.25) is 0 Å². The minimum atomic E-state index is -0.336. The number of amides is 2. The van der Waals surface area contributed by atoms with E-state index >= 15 is 0 Å². The van der Waals surface area contributed by atoms with Gasteiger partial charge in [0.25, 0.3) is 0 Å². The Hall–Kier alpha value is -3.01. The number of anilines is 1. The molecular formula is C21H25N5O4S. The van der Waals surface area contributed by atoms with E-state index in [9.17, 15) is 14.4 Å². The van der Waals surface area contributed by atoms with E-state index in [2.05, 4.69) is 5.10 Å². The molecule has 164 valence electrons. The van der Waals surface area contributed by atoms with Crippen LogP contribution in [0.25, 0.3) is 5.69 Å². The molecule has 2 aliphatic rings. The molecule has 1 atom stereocenters. The van der Waals surface area contributed by atoms with Crippen molar-refractivity contribution >= 4 is 35.2 Å². The molecule has 0 spiro atoms. The first-order valence-electron chi connectivity index (χ1n) is 10.1. The Morgan fingerprint density at radius 1 is 1.29 bits per heavy atom. The van der Waals surface area contributed by atoms with Gasteiger partial charge in [-0.1, -0.05) is 0 Å². The van der Waals surface area contributed by atoms with E-state index < -0.39 is 0 Å². The largest absolute Gasteiger partial charge is 0.497 e. The topological polar surface area (TPSA) is 111 Å². The number of hydrogen-bond donors (Lipinski definition) is 1. The number of hydrogen-bond acceptors (Lipinski definition) is 7. The Kier molecular flexibility index (Phi) is 6.17. The average Bonchev–Trinajstić information content (AvgIpc) is 3.38. The lowest BCUT2D eigenvalue weighted by Crippen LogP contribution is -2.47. The van der Waals surface area contributed by atoms with Crippen LogP contribution in [0.3, 0.4) is 0 Å². The highest BCUT2D eigenvalue weighted by Crippen LogP contribution is 2.26. The molecule has 1 aromatic heterocycles. The summed E-state index contributed by atoms with van der Waals surface area (Å²) >= 11 is 1.51. The number of Topliss-reactive ketones (excluding diaryl/α,β-unsaturated/α-hetero) is 1. The maximum atomic E-state index is 13.2. The third kappa shape index (κ3) is 4.39. The van der Waals surface area contributed by atoms with Crippen molar-refractivity contribution < 1.29 is 19.1 Å². The van der Waals surface area contributed by atoms with Gasteiger partial charge in [-0.15, -0.1) is 11.8 Å². The second-order valence-corrected chi connectivity index (χ2v) is 8.62. The number of nitrogens with zero attached hydrogens (tertiary/aromatic N) is 4. The van der Waals surface area contributed by atoms with Crippen molar-refractivity contribution in [1.82, 2.24) is 19.6 Å². The van der Waals surface area contributed by atoms with Crippen LogP contribution >= 0.6 is 11.8 Å². The van der Waals surface area contributed by atoms with Crippen LogP contribution in [0, 0.1) is 5.92 Å². The summed E-state index contributed by atoms with van der Waals surface area (Å²) in [7, 11) is 1.59. The number of likely N-dealkylation sites (tertiary alicyclic amines) is 1. The molecule has 2 amide bonds. The van der Waals surface area contributed by atoms with E-state index in [-0.39, 0.29) is 35.9 Å². The average molecular weight is 444 g/mol. The number of aromatic nitrogens is 2. The Morgan fingerprint density at radius 2 is 2.06 bits per heavy atom. The van der Waals surface area contributed by atoms with Gasteiger partial charge < -0.3 is 20.3 Å². The molecule has 10 heteroatoms. The van der Waals surface area contributed by atoms with Crippen molar-refractivity contribution in [3.8, 4) is 11.4 Å². The third-order valence-electron chi connectivity index (χ3n) is 5.69. The van der Waals surface area contributed by atoms with Crippen molar-refractivity contribution in [1.29, 1.82) is 0 Å². The Labute approximate surface area is 184 Å². The fourth-order valence-corrected chi connectivity index (χ4v) is 4.82. The molecule has 2 aliphatic heterocycles. The van der Waals surface area contributed by atoms with Crippen LogP contribution in [0.5, 0.6) is 5.75 Å². The van der Waals surface area contributed by atoms with Crippen LogP contribution in [-0.4, -0.2) is 75.6 Å². The molecule has 0 saturated carbocycles. The van der Waals surface area contributed by atoms with Gasteiger partial charge in [-0.2, -0.15) is 5.10 Å². The van der Waals surface area contributed by atoms with Gasteiger partial charge >= 0.3 is 0 Å². The second kappa shape index (κ2) is 9.01.